The predicted octanol–water partition coefficient (Wildman–Crippen LogP) is 3.38. The Bertz CT molecular complexity index is 875. The summed E-state index contributed by atoms with van der Waals surface area (Å²) in [6.45, 7) is 11.2. The molecule has 2 rings (SSSR count). The van der Waals surface area contributed by atoms with E-state index in [1.165, 1.54) is 6.07 Å². The SMILES string of the molecule is C=CCn1c(SC(C)C(=O)NC(=O)NC(C)(C)C)nnc1-c1ccccc1F. The molecule has 0 aliphatic heterocycles. The van der Waals surface area contributed by atoms with Gasteiger partial charge < -0.3 is 5.32 Å². The minimum Gasteiger partial charge on any atom is -0.333 e. The summed E-state index contributed by atoms with van der Waals surface area (Å²) in [4.78, 5) is 24.2. The highest BCUT2D eigenvalue weighted by Crippen LogP contribution is 2.28. The van der Waals surface area contributed by atoms with Gasteiger partial charge in [0.1, 0.15) is 5.82 Å². The summed E-state index contributed by atoms with van der Waals surface area (Å²) in [6.07, 6.45) is 1.64. The van der Waals surface area contributed by atoms with Crippen LogP contribution in [0.25, 0.3) is 11.4 Å². The van der Waals surface area contributed by atoms with Crippen molar-refractivity contribution < 1.29 is 14.0 Å². The molecule has 9 heteroatoms. The van der Waals surface area contributed by atoms with Crippen molar-refractivity contribution in [2.24, 2.45) is 0 Å². The van der Waals surface area contributed by atoms with E-state index in [4.69, 9.17) is 0 Å². The van der Waals surface area contributed by atoms with Gasteiger partial charge in [0, 0.05) is 12.1 Å². The van der Waals surface area contributed by atoms with Gasteiger partial charge >= 0.3 is 6.03 Å². The molecule has 2 N–H and O–H groups in total. The second-order valence-corrected chi connectivity index (χ2v) is 8.45. The third-order valence-electron chi connectivity index (χ3n) is 3.52. The lowest BCUT2D eigenvalue weighted by molar-refractivity contribution is -0.119. The summed E-state index contributed by atoms with van der Waals surface area (Å²) in [7, 11) is 0. The molecule has 0 aliphatic rings. The predicted molar refractivity (Wildman–Crippen MR) is 107 cm³/mol. The Kier molecular flexibility index (Phi) is 6.95. The van der Waals surface area contributed by atoms with Crippen molar-refractivity contribution in [2.75, 3.05) is 0 Å². The topological polar surface area (TPSA) is 88.9 Å². The van der Waals surface area contributed by atoms with E-state index in [-0.39, 0.29) is 0 Å². The normalized spacial score (nSPS) is 12.3. The number of carbonyl (C=O) groups is 2. The molecule has 1 heterocycles. The Labute approximate surface area is 167 Å². The van der Waals surface area contributed by atoms with Crippen molar-refractivity contribution in [1.82, 2.24) is 25.4 Å². The average molecular weight is 405 g/mol. The number of hydrogen-bond donors (Lipinski definition) is 2. The van der Waals surface area contributed by atoms with Gasteiger partial charge in [0.25, 0.3) is 0 Å². The third kappa shape index (κ3) is 5.66. The summed E-state index contributed by atoms with van der Waals surface area (Å²) in [6, 6.07) is 5.70. The molecule has 2 aromatic rings. The molecule has 1 aromatic carbocycles. The number of nitrogens with zero attached hydrogens (tertiary/aromatic N) is 3. The molecule has 0 aliphatic carbocycles. The molecule has 1 unspecified atom stereocenters. The molecule has 0 bridgehead atoms. The number of benzene rings is 1. The number of rotatable bonds is 6. The first-order valence-electron chi connectivity index (χ1n) is 8.71. The number of urea groups is 1. The molecule has 0 fully saturated rings. The first-order chi connectivity index (χ1) is 13.1. The third-order valence-corrected chi connectivity index (χ3v) is 4.60. The lowest BCUT2D eigenvalue weighted by Crippen LogP contribution is -2.49. The van der Waals surface area contributed by atoms with Crippen LogP contribution in [0.4, 0.5) is 9.18 Å². The number of allylic oxidation sites excluding steroid dienone is 1. The highest BCUT2D eigenvalue weighted by atomic mass is 32.2. The number of aromatic nitrogens is 3. The number of hydrogen-bond acceptors (Lipinski definition) is 5. The van der Waals surface area contributed by atoms with Crippen LogP contribution in [0.3, 0.4) is 0 Å². The minimum absolute atomic E-state index is 0.311. The molecule has 0 saturated carbocycles. The fourth-order valence-electron chi connectivity index (χ4n) is 2.31. The van der Waals surface area contributed by atoms with Crippen molar-refractivity contribution >= 4 is 23.7 Å². The number of carbonyl (C=O) groups excluding carboxylic acids is 2. The van der Waals surface area contributed by atoms with Gasteiger partial charge in [-0.15, -0.1) is 16.8 Å². The number of nitrogens with one attached hydrogen (secondary N) is 2. The summed E-state index contributed by atoms with van der Waals surface area (Å²) >= 11 is 1.13. The van der Waals surface area contributed by atoms with E-state index in [9.17, 15) is 14.0 Å². The van der Waals surface area contributed by atoms with Crippen molar-refractivity contribution in [3.8, 4) is 11.4 Å². The van der Waals surface area contributed by atoms with Crippen molar-refractivity contribution in [1.29, 1.82) is 0 Å². The molecular formula is C19H24FN5O2S. The molecule has 1 atom stereocenters. The molecular weight excluding hydrogens is 381 g/mol. The van der Waals surface area contributed by atoms with Gasteiger partial charge in [-0.2, -0.15) is 0 Å². The molecule has 28 heavy (non-hydrogen) atoms. The van der Waals surface area contributed by atoms with E-state index in [1.54, 1.807) is 35.8 Å². The van der Waals surface area contributed by atoms with E-state index in [2.05, 4.69) is 27.4 Å². The molecule has 0 radical (unpaired) electrons. The zero-order chi connectivity index (χ0) is 20.9. The van der Waals surface area contributed by atoms with Crippen molar-refractivity contribution in [3.05, 3.63) is 42.7 Å². The molecule has 0 saturated heterocycles. The number of halogens is 1. The summed E-state index contributed by atoms with van der Waals surface area (Å²) in [5.41, 5.74) is -0.148. The van der Waals surface area contributed by atoms with Crippen LogP contribution in [0.5, 0.6) is 0 Å². The summed E-state index contributed by atoms with van der Waals surface area (Å²) < 4.78 is 15.8. The van der Waals surface area contributed by atoms with Crippen LogP contribution in [-0.2, 0) is 11.3 Å². The van der Waals surface area contributed by atoms with E-state index in [1.807, 2.05) is 20.8 Å². The summed E-state index contributed by atoms with van der Waals surface area (Å²) in [5.74, 6) is -0.535. The zero-order valence-electron chi connectivity index (χ0n) is 16.3. The fraction of sp³-hybridized carbons (Fsp3) is 0.368. The van der Waals surface area contributed by atoms with Crippen LogP contribution in [0, 0.1) is 5.82 Å². The van der Waals surface area contributed by atoms with E-state index < -0.39 is 28.5 Å². The van der Waals surface area contributed by atoms with Crippen LogP contribution in [-0.4, -0.2) is 37.5 Å². The van der Waals surface area contributed by atoms with Crippen LogP contribution < -0.4 is 10.6 Å². The molecule has 1 aromatic heterocycles. The molecule has 7 nitrogen and oxygen atoms in total. The first-order valence-corrected chi connectivity index (χ1v) is 9.59. The molecule has 0 spiro atoms. The maximum atomic E-state index is 14.2. The van der Waals surface area contributed by atoms with Crippen LogP contribution in [0.2, 0.25) is 0 Å². The van der Waals surface area contributed by atoms with Crippen molar-refractivity contribution in [3.63, 3.8) is 0 Å². The second kappa shape index (κ2) is 9.01. The Morgan fingerprint density at radius 2 is 2.00 bits per heavy atom. The minimum atomic E-state index is -0.619. The zero-order valence-corrected chi connectivity index (χ0v) is 17.1. The fourth-order valence-corrected chi connectivity index (χ4v) is 3.17. The monoisotopic (exact) mass is 405 g/mol. The van der Waals surface area contributed by atoms with Gasteiger partial charge in [-0.05, 0) is 39.8 Å². The molecule has 150 valence electrons. The van der Waals surface area contributed by atoms with Gasteiger partial charge in [0.15, 0.2) is 11.0 Å². The Morgan fingerprint density at radius 3 is 2.61 bits per heavy atom. The summed E-state index contributed by atoms with van der Waals surface area (Å²) in [5, 5.41) is 13.0. The van der Waals surface area contributed by atoms with E-state index in [0.717, 1.165) is 11.8 Å². The highest BCUT2D eigenvalue weighted by molar-refractivity contribution is 8.00. The maximum Gasteiger partial charge on any atom is 0.321 e. The van der Waals surface area contributed by atoms with Gasteiger partial charge in [-0.3, -0.25) is 14.7 Å². The standard InChI is InChI=1S/C19H24FN5O2S/c1-6-11-25-15(13-9-7-8-10-14(13)20)23-24-18(25)28-12(2)16(26)21-17(27)22-19(3,4)5/h6-10,12H,1,11H2,2-5H3,(H2,21,22,26,27). The van der Waals surface area contributed by atoms with Gasteiger partial charge in [0.05, 0.1) is 10.8 Å². The van der Waals surface area contributed by atoms with Gasteiger partial charge in [-0.25, -0.2) is 9.18 Å². The van der Waals surface area contributed by atoms with Crippen LogP contribution >= 0.6 is 11.8 Å². The Morgan fingerprint density at radius 1 is 1.32 bits per heavy atom. The van der Waals surface area contributed by atoms with E-state index >= 15 is 0 Å². The largest absolute Gasteiger partial charge is 0.333 e. The van der Waals surface area contributed by atoms with Gasteiger partial charge in [-0.1, -0.05) is 30.0 Å². The Balaban J connectivity index is 2.17. The van der Waals surface area contributed by atoms with Crippen molar-refractivity contribution in [2.45, 2.75) is 50.2 Å². The lowest BCUT2D eigenvalue weighted by atomic mass is 10.1. The number of thioether (sulfide) groups is 1. The number of imide groups is 1. The average Bonchev–Trinajstić information content (AvgIpc) is 2.96. The molecule has 3 amide bonds. The Hall–Kier alpha value is -2.68. The van der Waals surface area contributed by atoms with Crippen LogP contribution in [0.1, 0.15) is 27.7 Å². The quantitative estimate of drug-likeness (QED) is 0.568. The highest BCUT2D eigenvalue weighted by Gasteiger charge is 2.23. The number of amides is 3. The lowest BCUT2D eigenvalue weighted by Gasteiger charge is -2.21. The van der Waals surface area contributed by atoms with Crippen LogP contribution in [0.15, 0.2) is 42.1 Å². The first kappa shape index (κ1) is 21.6. The maximum absolute atomic E-state index is 14.2. The van der Waals surface area contributed by atoms with Gasteiger partial charge in [0.2, 0.25) is 5.91 Å². The smallest absolute Gasteiger partial charge is 0.321 e. The van der Waals surface area contributed by atoms with E-state index in [0.29, 0.717) is 23.1 Å². The second-order valence-electron chi connectivity index (χ2n) is 7.14.